The lowest BCUT2D eigenvalue weighted by molar-refractivity contribution is 0.421. The van der Waals surface area contributed by atoms with Crippen molar-refractivity contribution >= 4 is 28.2 Å². The van der Waals surface area contributed by atoms with Crippen LogP contribution in [-0.4, -0.2) is 29.7 Å². The monoisotopic (exact) mass is 472 g/mol. The number of nitrogens with zero attached hydrogens (tertiary/aromatic N) is 3. The third-order valence-corrected chi connectivity index (χ3v) is 6.52. The highest BCUT2D eigenvalue weighted by atomic mass is 35.5. The number of halogens is 2. The molecule has 0 radical (unpaired) electrons. The smallest absolute Gasteiger partial charge is 0.141 e. The van der Waals surface area contributed by atoms with Gasteiger partial charge in [0.15, 0.2) is 0 Å². The summed E-state index contributed by atoms with van der Waals surface area (Å²) in [7, 11) is 0. The number of benzene rings is 3. The molecule has 1 saturated heterocycles. The molecule has 5 nitrogen and oxygen atoms in total. The van der Waals surface area contributed by atoms with E-state index in [1.54, 1.807) is 6.07 Å². The number of phenolic OH excluding ortho intramolecular Hbond substituents is 1. The van der Waals surface area contributed by atoms with Crippen molar-refractivity contribution in [1.82, 2.24) is 4.98 Å². The lowest BCUT2D eigenvalue weighted by Gasteiger charge is -2.42. The van der Waals surface area contributed by atoms with Crippen LogP contribution in [0, 0.1) is 30.0 Å². The lowest BCUT2D eigenvalue weighted by atomic mass is 9.92. The van der Waals surface area contributed by atoms with Crippen molar-refractivity contribution in [3.63, 3.8) is 0 Å². The van der Waals surface area contributed by atoms with Crippen LogP contribution in [0.1, 0.15) is 11.1 Å². The third-order valence-electron chi connectivity index (χ3n) is 6.31. The zero-order chi connectivity index (χ0) is 24.0. The van der Waals surface area contributed by atoms with Gasteiger partial charge in [-0.3, -0.25) is 4.98 Å². The Balaban J connectivity index is 1.76. The number of aromatic hydroxyl groups is 1. The van der Waals surface area contributed by atoms with Crippen molar-refractivity contribution in [1.29, 1.82) is 5.26 Å². The van der Waals surface area contributed by atoms with E-state index in [2.05, 4.69) is 16.0 Å². The van der Waals surface area contributed by atoms with E-state index in [4.69, 9.17) is 17.3 Å². The van der Waals surface area contributed by atoms with Gasteiger partial charge in [0, 0.05) is 46.7 Å². The van der Waals surface area contributed by atoms with Crippen LogP contribution in [0.25, 0.3) is 33.2 Å². The molecule has 0 amide bonds. The summed E-state index contributed by atoms with van der Waals surface area (Å²) in [4.78, 5) is 6.95. The molecule has 0 spiro atoms. The number of nitrogens with two attached hydrogens (primary N) is 1. The van der Waals surface area contributed by atoms with E-state index in [1.165, 1.54) is 6.07 Å². The van der Waals surface area contributed by atoms with Gasteiger partial charge >= 0.3 is 0 Å². The van der Waals surface area contributed by atoms with E-state index < -0.39 is 5.82 Å². The lowest BCUT2D eigenvalue weighted by Crippen LogP contribution is -2.50. The predicted octanol–water partition coefficient (Wildman–Crippen LogP) is 5.64. The van der Waals surface area contributed by atoms with Gasteiger partial charge in [0.2, 0.25) is 0 Å². The SMILES string of the molecule is Cc1cc(Cl)cc(-c2cnc3ccc(-c4cc(F)cc(C#N)c4O)cc3c2N2CC(CN)C2)c1. The molecule has 0 bridgehead atoms. The van der Waals surface area contributed by atoms with Gasteiger partial charge in [0.05, 0.1) is 16.8 Å². The van der Waals surface area contributed by atoms with Crippen LogP contribution in [0.3, 0.4) is 0 Å². The Morgan fingerprint density at radius 1 is 1.15 bits per heavy atom. The minimum absolute atomic E-state index is 0.106. The summed E-state index contributed by atoms with van der Waals surface area (Å²) >= 11 is 6.37. The molecule has 4 aromatic rings. The second-order valence-electron chi connectivity index (χ2n) is 8.74. The van der Waals surface area contributed by atoms with Gasteiger partial charge in [-0.15, -0.1) is 0 Å². The van der Waals surface area contributed by atoms with Gasteiger partial charge in [0.1, 0.15) is 17.6 Å². The van der Waals surface area contributed by atoms with Crippen molar-refractivity contribution in [3.8, 4) is 34.1 Å². The number of phenols is 1. The van der Waals surface area contributed by atoms with Gasteiger partial charge < -0.3 is 15.7 Å². The Kier molecular flexibility index (Phi) is 5.60. The van der Waals surface area contributed by atoms with Crippen LogP contribution in [0.15, 0.2) is 54.7 Å². The molecular weight excluding hydrogens is 451 g/mol. The molecule has 2 heterocycles. The molecule has 1 fully saturated rings. The second-order valence-corrected chi connectivity index (χ2v) is 9.17. The number of pyridine rings is 1. The molecule has 0 unspecified atom stereocenters. The fraction of sp³-hybridized carbons (Fsp3) is 0.185. The van der Waals surface area contributed by atoms with Crippen LogP contribution in [0.4, 0.5) is 10.1 Å². The Morgan fingerprint density at radius 2 is 1.94 bits per heavy atom. The molecule has 1 aliphatic rings. The molecule has 5 rings (SSSR count). The number of rotatable bonds is 4. The average molecular weight is 473 g/mol. The van der Waals surface area contributed by atoms with E-state index in [-0.39, 0.29) is 16.9 Å². The summed E-state index contributed by atoms with van der Waals surface area (Å²) in [6.07, 6.45) is 1.85. The maximum atomic E-state index is 14.2. The van der Waals surface area contributed by atoms with Crippen LogP contribution in [-0.2, 0) is 0 Å². The Bertz CT molecular complexity index is 1450. The van der Waals surface area contributed by atoms with E-state index in [1.807, 2.05) is 43.5 Å². The number of hydrogen-bond donors (Lipinski definition) is 2. The fourth-order valence-corrected chi connectivity index (χ4v) is 4.89. The first-order valence-electron chi connectivity index (χ1n) is 11.0. The van der Waals surface area contributed by atoms with Crippen LogP contribution in [0.2, 0.25) is 5.02 Å². The first kappa shape index (κ1) is 22.1. The zero-order valence-electron chi connectivity index (χ0n) is 18.5. The van der Waals surface area contributed by atoms with E-state index >= 15 is 0 Å². The van der Waals surface area contributed by atoms with Gasteiger partial charge in [-0.25, -0.2) is 4.39 Å². The molecule has 0 saturated carbocycles. The molecule has 0 aliphatic carbocycles. The molecule has 7 heteroatoms. The second kappa shape index (κ2) is 8.60. The maximum absolute atomic E-state index is 14.2. The Labute approximate surface area is 201 Å². The molecule has 0 atom stereocenters. The highest BCUT2D eigenvalue weighted by molar-refractivity contribution is 6.31. The number of hydrogen-bond acceptors (Lipinski definition) is 5. The van der Waals surface area contributed by atoms with E-state index in [0.29, 0.717) is 23.0 Å². The molecule has 1 aliphatic heterocycles. The first-order chi connectivity index (χ1) is 16.4. The van der Waals surface area contributed by atoms with Gasteiger partial charge in [-0.1, -0.05) is 23.7 Å². The number of fused-ring (bicyclic) bond motifs is 1. The van der Waals surface area contributed by atoms with Crippen LogP contribution in [0.5, 0.6) is 5.75 Å². The Morgan fingerprint density at radius 3 is 2.65 bits per heavy atom. The number of anilines is 1. The minimum Gasteiger partial charge on any atom is -0.506 e. The maximum Gasteiger partial charge on any atom is 0.141 e. The number of nitriles is 1. The summed E-state index contributed by atoms with van der Waals surface area (Å²) in [6.45, 7) is 4.24. The highest BCUT2D eigenvalue weighted by Crippen LogP contribution is 2.42. The van der Waals surface area contributed by atoms with Crippen LogP contribution >= 0.6 is 11.6 Å². The summed E-state index contributed by atoms with van der Waals surface area (Å²) in [5, 5.41) is 21.4. The fourth-order valence-electron chi connectivity index (χ4n) is 4.60. The van der Waals surface area contributed by atoms with Gasteiger partial charge in [-0.2, -0.15) is 5.26 Å². The summed E-state index contributed by atoms with van der Waals surface area (Å²) < 4.78 is 14.2. The molecule has 34 heavy (non-hydrogen) atoms. The normalized spacial score (nSPS) is 13.7. The molecule has 3 aromatic carbocycles. The zero-order valence-corrected chi connectivity index (χ0v) is 19.3. The molecule has 170 valence electrons. The molecular formula is C27H22ClFN4O. The average Bonchev–Trinajstić information content (AvgIpc) is 2.78. The van der Waals surface area contributed by atoms with Gasteiger partial charge in [-0.05, 0) is 66.6 Å². The summed E-state index contributed by atoms with van der Waals surface area (Å²) in [5.74, 6) is -0.420. The third kappa shape index (κ3) is 3.83. The van der Waals surface area contributed by atoms with Crippen molar-refractivity contribution < 1.29 is 9.50 Å². The van der Waals surface area contributed by atoms with E-state index in [0.717, 1.165) is 52.4 Å². The van der Waals surface area contributed by atoms with Crippen LogP contribution < -0.4 is 10.6 Å². The number of aryl methyl sites for hydroxylation is 1. The summed E-state index contributed by atoms with van der Waals surface area (Å²) in [5.41, 5.74) is 11.3. The number of aromatic nitrogens is 1. The summed E-state index contributed by atoms with van der Waals surface area (Å²) in [6, 6.07) is 15.5. The Hall–Kier alpha value is -3.66. The van der Waals surface area contributed by atoms with E-state index in [9.17, 15) is 14.8 Å². The molecule has 3 N–H and O–H groups in total. The predicted molar refractivity (Wildman–Crippen MR) is 133 cm³/mol. The highest BCUT2D eigenvalue weighted by Gasteiger charge is 2.29. The topological polar surface area (TPSA) is 86.2 Å². The van der Waals surface area contributed by atoms with Crippen molar-refractivity contribution in [2.45, 2.75) is 6.92 Å². The van der Waals surface area contributed by atoms with Crippen molar-refractivity contribution in [2.75, 3.05) is 24.5 Å². The standard InChI is InChI=1S/C27H22ClFN4O/c1-15-4-18(6-20(28)5-15)24-12-32-25-3-2-17(22-9-21(29)7-19(11-31)27(22)34)8-23(25)26(24)33-13-16(10-30)14-33/h2-9,12,16,34H,10,13-14,30H2,1H3. The quantitative estimate of drug-likeness (QED) is 0.401. The first-order valence-corrected chi connectivity index (χ1v) is 11.3. The van der Waals surface area contributed by atoms with Crippen molar-refractivity contribution in [2.24, 2.45) is 11.7 Å². The molecule has 1 aromatic heterocycles. The van der Waals surface area contributed by atoms with Crippen molar-refractivity contribution in [3.05, 3.63) is 76.7 Å². The van der Waals surface area contributed by atoms with Gasteiger partial charge in [0.25, 0.3) is 0 Å². The largest absolute Gasteiger partial charge is 0.506 e. The minimum atomic E-state index is -0.584.